The topological polar surface area (TPSA) is 98.5 Å². The molecule has 3 rings (SSSR count). The molecule has 0 fully saturated rings. The van der Waals surface area contributed by atoms with E-state index in [0.717, 1.165) is 0 Å². The minimum absolute atomic E-state index is 0.0656. The molecule has 0 radical (unpaired) electrons. The summed E-state index contributed by atoms with van der Waals surface area (Å²) in [4.78, 5) is 26.4. The van der Waals surface area contributed by atoms with Gasteiger partial charge in [-0.15, -0.1) is 0 Å². The van der Waals surface area contributed by atoms with E-state index >= 15 is 0 Å². The van der Waals surface area contributed by atoms with E-state index in [9.17, 15) is 9.59 Å². The van der Waals surface area contributed by atoms with E-state index in [1.807, 2.05) is 0 Å². The van der Waals surface area contributed by atoms with Gasteiger partial charge in [-0.3, -0.25) is 4.57 Å². The van der Waals surface area contributed by atoms with Crippen LogP contribution < -0.4 is 5.76 Å². The van der Waals surface area contributed by atoms with Crippen LogP contribution in [0.3, 0.4) is 0 Å². The van der Waals surface area contributed by atoms with Crippen LogP contribution in [-0.4, -0.2) is 20.6 Å². The minimum Gasteiger partial charge on any atom is -0.475 e. The fourth-order valence-electron chi connectivity index (χ4n) is 1.77. The fourth-order valence-corrected chi connectivity index (χ4v) is 1.77. The summed E-state index contributed by atoms with van der Waals surface area (Å²) < 4.78 is 11.4. The number of carboxylic acid groups (broad SMARTS) is 1. The lowest BCUT2D eigenvalue weighted by Gasteiger charge is -1.97. The van der Waals surface area contributed by atoms with Crippen molar-refractivity contribution in [2.75, 3.05) is 0 Å². The number of oxazole rings is 1. The highest BCUT2D eigenvalue weighted by Gasteiger charge is 2.14. The van der Waals surface area contributed by atoms with Crippen molar-refractivity contribution in [1.82, 2.24) is 9.55 Å². The molecule has 0 aliphatic heterocycles. The summed E-state index contributed by atoms with van der Waals surface area (Å²) in [5, 5.41) is 8.76. The molecule has 0 unspecified atom stereocenters. The molecule has 0 aromatic carbocycles. The zero-order valence-corrected chi connectivity index (χ0v) is 9.57. The second-order valence-corrected chi connectivity index (χ2v) is 3.85. The van der Waals surface area contributed by atoms with E-state index in [-0.39, 0.29) is 12.3 Å². The van der Waals surface area contributed by atoms with Crippen molar-refractivity contribution in [3.63, 3.8) is 0 Å². The zero-order chi connectivity index (χ0) is 13.4. The average molecular weight is 260 g/mol. The highest BCUT2D eigenvalue weighted by molar-refractivity contribution is 5.84. The molecule has 0 aliphatic rings. The van der Waals surface area contributed by atoms with Gasteiger partial charge in [-0.2, -0.15) is 0 Å². The second kappa shape index (κ2) is 4.13. The summed E-state index contributed by atoms with van der Waals surface area (Å²) in [6.07, 6.45) is 1.54. The summed E-state index contributed by atoms with van der Waals surface area (Å²) >= 11 is 0. The highest BCUT2D eigenvalue weighted by atomic mass is 16.4. The fraction of sp³-hybridized carbons (Fsp3) is 0.0833. The Hall–Kier alpha value is -2.83. The molecule has 0 atom stereocenters. The molecular weight excluding hydrogens is 252 g/mol. The zero-order valence-electron chi connectivity index (χ0n) is 9.57. The van der Waals surface area contributed by atoms with Crippen LogP contribution in [0.2, 0.25) is 0 Å². The Morgan fingerprint density at radius 2 is 2.16 bits per heavy atom. The van der Waals surface area contributed by atoms with E-state index in [1.165, 1.54) is 16.7 Å². The van der Waals surface area contributed by atoms with Crippen LogP contribution in [0.25, 0.3) is 11.2 Å². The van der Waals surface area contributed by atoms with Gasteiger partial charge >= 0.3 is 11.7 Å². The number of nitrogens with zero attached hydrogens (tertiary/aromatic N) is 2. The Labute approximate surface area is 105 Å². The third-order valence-electron chi connectivity index (χ3n) is 2.61. The molecular formula is C12H8N2O5. The number of pyridine rings is 1. The number of aromatic carboxylic acids is 1. The number of hydrogen-bond donors (Lipinski definition) is 1. The first-order valence-corrected chi connectivity index (χ1v) is 5.41. The van der Waals surface area contributed by atoms with Gasteiger partial charge in [0.05, 0.1) is 6.54 Å². The van der Waals surface area contributed by atoms with Crippen molar-refractivity contribution in [2.24, 2.45) is 0 Å². The molecule has 3 heterocycles. The standard InChI is InChI=1S/C12H8N2O5/c15-11(16)9-4-3-7(18-9)6-14-10-8(19-12(14)17)2-1-5-13-10/h1-5H,6H2,(H,15,16). The van der Waals surface area contributed by atoms with E-state index in [4.69, 9.17) is 13.9 Å². The van der Waals surface area contributed by atoms with Crippen LogP contribution in [0.5, 0.6) is 0 Å². The summed E-state index contributed by atoms with van der Waals surface area (Å²) in [6.45, 7) is 0.0656. The highest BCUT2D eigenvalue weighted by Crippen LogP contribution is 2.13. The molecule has 0 aliphatic carbocycles. The Morgan fingerprint density at radius 3 is 2.89 bits per heavy atom. The molecule has 3 aromatic rings. The smallest absolute Gasteiger partial charge is 0.421 e. The predicted molar refractivity (Wildman–Crippen MR) is 63.0 cm³/mol. The number of furan rings is 1. The number of carbonyl (C=O) groups is 1. The summed E-state index contributed by atoms with van der Waals surface area (Å²) in [7, 11) is 0. The van der Waals surface area contributed by atoms with Crippen LogP contribution in [0, 0.1) is 0 Å². The van der Waals surface area contributed by atoms with E-state index in [1.54, 1.807) is 18.3 Å². The average Bonchev–Trinajstić information content (AvgIpc) is 2.96. The molecule has 96 valence electrons. The first kappa shape index (κ1) is 11.3. The quantitative estimate of drug-likeness (QED) is 0.762. The van der Waals surface area contributed by atoms with Gasteiger partial charge in [-0.25, -0.2) is 14.6 Å². The first-order chi connectivity index (χ1) is 9.15. The molecule has 0 saturated heterocycles. The number of carboxylic acids is 1. The van der Waals surface area contributed by atoms with Gasteiger partial charge in [-0.1, -0.05) is 0 Å². The first-order valence-electron chi connectivity index (χ1n) is 5.41. The molecule has 0 spiro atoms. The van der Waals surface area contributed by atoms with Crippen LogP contribution >= 0.6 is 0 Å². The number of fused-ring (bicyclic) bond motifs is 1. The molecule has 3 aromatic heterocycles. The number of aromatic nitrogens is 2. The van der Waals surface area contributed by atoms with E-state index < -0.39 is 11.7 Å². The van der Waals surface area contributed by atoms with Crippen LogP contribution in [-0.2, 0) is 6.54 Å². The third kappa shape index (κ3) is 1.90. The van der Waals surface area contributed by atoms with Gasteiger partial charge in [0.25, 0.3) is 0 Å². The maximum absolute atomic E-state index is 11.7. The van der Waals surface area contributed by atoms with Crippen LogP contribution in [0.4, 0.5) is 0 Å². The molecule has 0 bridgehead atoms. The van der Waals surface area contributed by atoms with Crippen LogP contribution in [0.15, 0.2) is 44.1 Å². The Balaban J connectivity index is 2.03. The Morgan fingerprint density at radius 1 is 1.32 bits per heavy atom. The number of hydrogen-bond acceptors (Lipinski definition) is 5. The van der Waals surface area contributed by atoms with Gasteiger partial charge in [0.15, 0.2) is 11.2 Å². The predicted octanol–water partition coefficient (Wildman–Crippen LogP) is 1.33. The van der Waals surface area contributed by atoms with Crippen molar-refractivity contribution in [2.45, 2.75) is 6.54 Å². The molecule has 0 saturated carbocycles. The van der Waals surface area contributed by atoms with Crippen molar-refractivity contribution in [3.8, 4) is 0 Å². The van der Waals surface area contributed by atoms with Crippen molar-refractivity contribution in [1.29, 1.82) is 0 Å². The summed E-state index contributed by atoms with van der Waals surface area (Å²) in [5.41, 5.74) is 0.762. The maximum Gasteiger partial charge on any atom is 0.421 e. The van der Waals surface area contributed by atoms with E-state index in [2.05, 4.69) is 4.98 Å². The van der Waals surface area contributed by atoms with Gasteiger partial charge in [0, 0.05) is 6.20 Å². The van der Waals surface area contributed by atoms with Crippen molar-refractivity contribution >= 4 is 17.2 Å². The lowest BCUT2D eigenvalue weighted by molar-refractivity contribution is 0.0660. The maximum atomic E-state index is 11.7. The largest absolute Gasteiger partial charge is 0.475 e. The van der Waals surface area contributed by atoms with Gasteiger partial charge < -0.3 is 13.9 Å². The van der Waals surface area contributed by atoms with Gasteiger partial charge in [0.1, 0.15) is 5.76 Å². The van der Waals surface area contributed by atoms with Crippen LogP contribution in [0.1, 0.15) is 16.3 Å². The van der Waals surface area contributed by atoms with Gasteiger partial charge in [0.2, 0.25) is 5.76 Å². The molecule has 1 N–H and O–H groups in total. The monoisotopic (exact) mass is 260 g/mol. The number of rotatable bonds is 3. The van der Waals surface area contributed by atoms with Crippen molar-refractivity contribution < 1.29 is 18.7 Å². The lowest BCUT2D eigenvalue weighted by atomic mass is 10.4. The molecule has 0 amide bonds. The normalized spacial score (nSPS) is 10.9. The Bertz CT molecular complexity index is 811. The second-order valence-electron chi connectivity index (χ2n) is 3.85. The molecule has 7 heteroatoms. The molecule has 19 heavy (non-hydrogen) atoms. The molecule has 7 nitrogen and oxygen atoms in total. The summed E-state index contributed by atoms with van der Waals surface area (Å²) in [6, 6.07) is 6.12. The SMILES string of the molecule is O=C(O)c1ccc(Cn2c(=O)oc3cccnc32)o1. The third-order valence-corrected chi connectivity index (χ3v) is 2.61. The van der Waals surface area contributed by atoms with E-state index in [0.29, 0.717) is 17.0 Å². The summed E-state index contributed by atoms with van der Waals surface area (Å²) in [5.74, 6) is -1.56. The minimum atomic E-state index is -1.16. The van der Waals surface area contributed by atoms with Gasteiger partial charge in [-0.05, 0) is 24.3 Å². The lowest BCUT2D eigenvalue weighted by Crippen LogP contribution is -2.15. The van der Waals surface area contributed by atoms with Crippen molar-refractivity contribution in [3.05, 3.63) is 52.5 Å². The Kier molecular flexibility index (Phi) is 2.45.